The van der Waals surface area contributed by atoms with Crippen molar-refractivity contribution in [1.29, 1.82) is 0 Å². The molecule has 5 heteroatoms. The highest BCUT2D eigenvalue weighted by Gasteiger charge is 2.13. The van der Waals surface area contributed by atoms with E-state index in [4.69, 9.17) is 5.11 Å². The third-order valence-electron chi connectivity index (χ3n) is 2.87. The van der Waals surface area contributed by atoms with Gasteiger partial charge >= 0.3 is 5.97 Å². The Morgan fingerprint density at radius 2 is 1.47 bits per heavy atom. The lowest BCUT2D eigenvalue weighted by atomic mass is 10.2. The molecular weight excluding hydrogens is 262 g/mol. The maximum Gasteiger partial charge on any atom is 0.313 e. The Bertz CT molecular complexity index is 249. The number of carbonyl (C=O) groups is 2. The van der Waals surface area contributed by atoms with Gasteiger partial charge in [-0.05, 0) is 12.8 Å². The molecule has 0 aliphatic carbocycles. The average Bonchev–Trinajstić information content (AvgIpc) is 2.36. The molecule has 0 saturated carbocycles. The predicted octanol–water partition coefficient (Wildman–Crippen LogP) is 3.01. The largest absolute Gasteiger partial charge is 0.481 e. The first-order valence-corrected chi connectivity index (χ1v) is 8.34. The van der Waals surface area contributed by atoms with Crippen LogP contribution < -0.4 is 0 Å². The second kappa shape index (κ2) is 12.3. The molecule has 112 valence electrons. The molecule has 0 unspecified atom stereocenters. The van der Waals surface area contributed by atoms with Crippen LogP contribution in [0, 0.1) is 0 Å². The highest BCUT2D eigenvalue weighted by atomic mass is 32.2. The van der Waals surface area contributed by atoms with Gasteiger partial charge in [0.25, 0.3) is 0 Å². The van der Waals surface area contributed by atoms with Crippen molar-refractivity contribution < 1.29 is 14.7 Å². The van der Waals surface area contributed by atoms with E-state index in [1.54, 1.807) is 0 Å². The van der Waals surface area contributed by atoms with Gasteiger partial charge in [0.2, 0.25) is 5.91 Å². The van der Waals surface area contributed by atoms with E-state index in [-0.39, 0.29) is 17.4 Å². The lowest BCUT2D eigenvalue weighted by molar-refractivity contribution is -0.133. The van der Waals surface area contributed by atoms with E-state index in [1.807, 2.05) is 4.90 Å². The molecule has 0 saturated heterocycles. The Hall–Kier alpha value is -0.710. The summed E-state index contributed by atoms with van der Waals surface area (Å²) in [4.78, 5) is 24.4. The molecule has 19 heavy (non-hydrogen) atoms. The van der Waals surface area contributed by atoms with Gasteiger partial charge in [0, 0.05) is 13.1 Å². The summed E-state index contributed by atoms with van der Waals surface area (Å²) >= 11 is 1.19. The van der Waals surface area contributed by atoms with Gasteiger partial charge in [0.1, 0.15) is 0 Å². The van der Waals surface area contributed by atoms with Crippen molar-refractivity contribution in [1.82, 2.24) is 4.90 Å². The Morgan fingerprint density at radius 1 is 0.947 bits per heavy atom. The molecule has 1 N–H and O–H groups in total. The molecular formula is C14H27NO3S. The number of carboxylic acid groups (broad SMARTS) is 1. The van der Waals surface area contributed by atoms with Crippen LogP contribution in [0.3, 0.4) is 0 Å². The SMILES string of the molecule is CCCCCN(CCCCC)C(=O)CSCC(=O)O. The van der Waals surface area contributed by atoms with E-state index in [1.165, 1.54) is 11.8 Å². The highest BCUT2D eigenvalue weighted by molar-refractivity contribution is 8.00. The van der Waals surface area contributed by atoms with Gasteiger partial charge in [-0.2, -0.15) is 0 Å². The second-order valence-corrected chi connectivity index (χ2v) is 5.67. The minimum atomic E-state index is -0.860. The van der Waals surface area contributed by atoms with Crippen molar-refractivity contribution in [2.24, 2.45) is 0 Å². The van der Waals surface area contributed by atoms with Crippen LogP contribution in [-0.4, -0.2) is 46.5 Å². The summed E-state index contributed by atoms with van der Waals surface area (Å²) in [5.74, 6) is -0.492. The number of aliphatic carboxylic acids is 1. The Morgan fingerprint density at radius 3 is 1.89 bits per heavy atom. The Kier molecular flexibility index (Phi) is 11.9. The first kappa shape index (κ1) is 18.3. The number of unbranched alkanes of at least 4 members (excludes halogenated alkanes) is 4. The van der Waals surface area contributed by atoms with Gasteiger partial charge in [0.15, 0.2) is 0 Å². The fourth-order valence-electron chi connectivity index (χ4n) is 1.78. The van der Waals surface area contributed by atoms with Crippen LogP contribution in [0.4, 0.5) is 0 Å². The number of carboxylic acids is 1. The van der Waals surface area contributed by atoms with Crippen LogP contribution in [0.15, 0.2) is 0 Å². The van der Waals surface area contributed by atoms with Crippen molar-refractivity contribution in [2.75, 3.05) is 24.6 Å². The smallest absolute Gasteiger partial charge is 0.313 e. The van der Waals surface area contributed by atoms with E-state index in [0.717, 1.165) is 51.6 Å². The van der Waals surface area contributed by atoms with E-state index < -0.39 is 5.97 Å². The molecule has 0 rings (SSSR count). The third kappa shape index (κ3) is 10.9. The maximum absolute atomic E-state index is 12.0. The lowest BCUT2D eigenvalue weighted by Gasteiger charge is -2.22. The van der Waals surface area contributed by atoms with Crippen molar-refractivity contribution in [3.63, 3.8) is 0 Å². The summed E-state index contributed by atoms with van der Waals surface area (Å²) in [6.07, 6.45) is 6.64. The molecule has 0 aromatic rings. The standard InChI is InChI=1S/C14H27NO3S/c1-3-5-7-9-15(10-8-6-4-2)13(16)11-19-12-14(17)18/h3-12H2,1-2H3,(H,17,18). The molecule has 0 aliphatic rings. The van der Waals surface area contributed by atoms with Crippen LogP contribution in [-0.2, 0) is 9.59 Å². The molecule has 0 atom stereocenters. The maximum atomic E-state index is 12.0. The van der Waals surface area contributed by atoms with Gasteiger partial charge in [-0.25, -0.2) is 0 Å². The number of rotatable bonds is 12. The molecule has 1 amide bonds. The van der Waals surface area contributed by atoms with Crippen LogP contribution >= 0.6 is 11.8 Å². The van der Waals surface area contributed by atoms with Crippen LogP contribution in [0.5, 0.6) is 0 Å². The van der Waals surface area contributed by atoms with E-state index in [2.05, 4.69) is 13.8 Å². The normalized spacial score (nSPS) is 10.4. The molecule has 0 bridgehead atoms. The summed E-state index contributed by atoms with van der Waals surface area (Å²) < 4.78 is 0. The Labute approximate surface area is 120 Å². The number of nitrogens with zero attached hydrogens (tertiary/aromatic N) is 1. The zero-order valence-electron chi connectivity index (χ0n) is 12.2. The van der Waals surface area contributed by atoms with E-state index in [9.17, 15) is 9.59 Å². The number of hydrogen-bond acceptors (Lipinski definition) is 3. The molecule has 4 nitrogen and oxygen atoms in total. The molecule has 0 radical (unpaired) electrons. The monoisotopic (exact) mass is 289 g/mol. The molecule has 0 aromatic heterocycles. The lowest BCUT2D eigenvalue weighted by Crippen LogP contribution is -2.34. The first-order chi connectivity index (χ1) is 9.11. The topological polar surface area (TPSA) is 57.6 Å². The zero-order valence-corrected chi connectivity index (χ0v) is 13.0. The highest BCUT2D eigenvalue weighted by Crippen LogP contribution is 2.07. The fraction of sp³-hybridized carbons (Fsp3) is 0.857. The van der Waals surface area contributed by atoms with Crippen molar-refractivity contribution in [2.45, 2.75) is 52.4 Å². The van der Waals surface area contributed by atoms with Crippen LogP contribution in [0.2, 0.25) is 0 Å². The van der Waals surface area contributed by atoms with Crippen molar-refractivity contribution >= 4 is 23.6 Å². The van der Waals surface area contributed by atoms with Gasteiger partial charge in [-0.1, -0.05) is 39.5 Å². The second-order valence-electron chi connectivity index (χ2n) is 4.68. The van der Waals surface area contributed by atoms with Gasteiger partial charge in [-0.15, -0.1) is 11.8 Å². The van der Waals surface area contributed by atoms with Gasteiger partial charge in [0.05, 0.1) is 11.5 Å². The summed E-state index contributed by atoms with van der Waals surface area (Å²) in [6, 6.07) is 0. The number of thioether (sulfide) groups is 1. The summed E-state index contributed by atoms with van der Waals surface area (Å²) in [5, 5.41) is 8.57. The zero-order chi connectivity index (χ0) is 14.5. The van der Waals surface area contributed by atoms with E-state index >= 15 is 0 Å². The molecule has 0 heterocycles. The predicted molar refractivity (Wildman–Crippen MR) is 80.6 cm³/mol. The van der Waals surface area contributed by atoms with E-state index in [0.29, 0.717) is 0 Å². The van der Waals surface area contributed by atoms with Crippen LogP contribution in [0.25, 0.3) is 0 Å². The van der Waals surface area contributed by atoms with Crippen molar-refractivity contribution in [3.8, 4) is 0 Å². The molecule has 0 fully saturated rings. The first-order valence-electron chi connectivity index (χ1n) is 7.19. The van der Waals surface area contributed by atoms with Gasteiger partial charge < -0.3 is 10.0 Å². The van der Waals surface area contributed by atoms with Crippen molar-refractivity contribution in [3.05, 3.63) is 0 Å². The van der Waals surface area contributed by atoms with Gasteiger partial charge in [-0.3, -0.25) is 9.59 Å². The summed E-state index contributed by atoms with van der Waals surface area (Å²) in [5.41, 5.74) is 0. The molecule has 0 spiro atoms. The third-order valence-corrected chi connectivity index (χ3v) is 3.77. The van der Waals surface area contributed by atoms with Crippen LogP contribution in [0.1, 0.15) is 52.4 Å². The number of hydrogen-bond donors (Lipinski definition) is 1. The minimum absolute atomic E-state index is 0.00347. The summed E-state index contributed by atoms with van der Waals surface area (Å²) in [6.45, 7) is 5.91. The molecule has 0 aromatic carbocycles. The average molecular weight is 289 g/mol. The number of carbonyl (C=O) groups excluding carboxylic acids is 1. The summed E-state index contributed by atoms with van der Waals surface area (Å²) in [7, 11) is 0. The fourth-order valence-corrected chi connectivity index (χ4v) is 2.42. The molecule has 0 aliphatic heterocycles. The number of amides is 1. The Balaban J connectivity index is 4.04. The minimum Gasteiger partial charge on any atom is -0.481 e. The quantitative estimate of drug-likeness (QED) is 0.561.